The highest BCUT2D eigenvalue weighted by molar-refractivity contribution is 5.70. The lowest BCUT2D eigenvalue weighted by molar-refractivity contribution is -0.155. The van der Waals surface area contributed by atoms with Crippen LogP contribution in [0.25, 0.3) is 0 Å². The Kier molecular flexibility index (Phi) is 5.60. The molecule has 0 bridgehead atoms. The molecule has 0 radical (unpaired) electrons. The van der Waals surface area contributed by atoms with E-state index in [1.807, 2.05) is 20.8 Å². The fraction of sp³-hybridized carbons (Fsp3) is 0.929. The fourth-order valence-corrected chi connectivity index (χ4v) is 2.34. The Bertz CT molecular complexity index is 273. The van der Waals surface area contributed by atoms with Crippen LogP contribution in [0.2, 0.25) is 0 Å². The van der Waals surface area contributed by atoms with Crippen LogP contribution in [0, 0.1) is 0 Å². The quantitative estimate of drug-likeness (QED) is 0.717. The molecule has 1 unspecified atom stereocenters. The fourth-order valence-electron chi connectivity index (χ4n) is 2.34. The third-order valence-corrected chi connectivity index (χ3v) is 3.31. The van der Waals surface area contributed by atoms with E-state index in [1.54, 1.807) is 0 Å². The van der Waals surface area contributed by atoms with Crippen LogP contribution in [0.4, 0.5) is 0 Å². The van der Waals surface area contributed by atoms with E-state index in [0.717, 1.165) is 13.1 Å². The summed E-state index contributed by atoms with van der Waals surface area (Å²) in [5.41, 5.74) is -0.374. The van der Waals surface area contributed by atoms with E-state index in [-0.39, 0.29) is 11.6 Å². The number of likely N-dealkylation sites (N-methyl/N-ethyl adjacent to an activating group) is 2. The number of hydrogen-bond donors (Lipinski definition) is 0. The van der Waals surface area contributed by atoms with Gasteiger partial charge in [0, 0.05) is 19.1 Å². The van der Waals surface area contributed by atoms with Crippen LogP contribution in [-0.2, 0) is 9.53 Å². The van der Waals surface area contributed by atoms with Crippen LogP contribution < -0.4 is 0 Å². The SMILES string of the molecule is CN1CCCC(N(C)CCC(=O)OC(C)(C)C)C1. The molecule has 1 fully saturated rings. The maximum absolute atomic E-state index is 11.7. The topological polar surface area (TPSA) is 32.8 Å². The number of likely N-dealkylation sites (tertiary alicyclic amines) is 1. The molecule has 4 heteroatoms. The molecule has 1 atom stereocenters. The zero-order valence-electron chi connectivity index (χ0n) is 12.5. The molecule has 18 heavy (non-hydrogen) atoms. The minimum atomic E-state index is -0.374. The lowest BCUT2D eigenvalue weighted by atomic mass is 10.1. The molecule has 106 valence electrons. The predicted octanol–water partition coefficient (Wildman–Crippen LogP) is 1.74. The number of piperidine rings is 1. The molecule has 1 aliphatic rings. The molecule has 0 aromatic rings. The second-order valence-electron chi connectivity index (χ2n) is 6.38. The summed E-state index contributed by atoms with van der Waals surface area (Å²) in [4.78, 5) is 16.3. The highest BCUT2D eigenvalue weighted by Crippen LogP contribution is 2.14. The number of rotatable bonds is 4. The van der Waals surface area contributed by atoms with Gasteiger partial charge in [0.25, 0.3) is 0 Å². The summed E-state index contributed by atoms with van der Waals surface area (Å²) in [5, 5.41) is 0. The third-order valence-electron chi connectivity index (χ3n) is 3.31. The lowest BCUT2D eigenvalue weighted by Gasteiger charge is -2.35. The van der Waals surface area contributed by atoms with Gasteiger partial charge in [0.1, 0.15) is 5.60 Å². The molecular formula is C14H28N2O2. The summed E-state index contributed by atoms with van der Waals surface area (Å²) in [6, 6.07) is 0.575. The van der Waals surface area contributed by atoms with Gasteiger partial charge in [-0.1, -0.05) is 0 Å². The van der Waals surface area contributed by atoms with Crippen molar-refractivity contribution in [3.63, 3.8) is 0 Å². The Morgan fingerprint density at radius 1 is 1.44 bits per heavy atom. The minimum absolute atomic E-state index is 0.0986. The van der Waals surface area contributed by atoms with Crippen molar-refractivity contribution in [3.05, 3.63) is 0 Å². The van der Waals surface area contributed by atoms with E-state index in [2.05, 4.69) is 23.9 Å². The molecule has 4 nitrogen and oxygen atoms in total. The highest BCUT2D eigenvalue weighted by Gasteiger charge is 2.22. The van der Waals surface area contributed by atoms with Crippen LogP contribution in [0.5, 0.6) is 0 Å². The standard InChI is InChI=1S/C14H28N2O2/c1-14(2,3)18-13(17)8-10-16(5)12-7-6-9-15(4)11-12/h12H,6-11H2,1-5H3. The van der Waals surface area contributed by atoms with Crippen LogP contribution in [0.15, 0.2) is 0 Å². The van der Waals surface area contributed by atoms with Gasteiger partial charge in [0.2, 0.25) is 0 Å². The first-order valence-electron chi connectivity index (χ1n) is 6.88. The van der Waals surface area contributed by atoms with Gasteiger partial charge < -0.3 is 14.5 Å². The second kappa shape index (κ2) is 6.53. The average Bonchev–Trinajstić information content (AvgIpc) is 2.23. The Labute approximate surface area is 111 Å². The largest absolute Gasteiger partial charge is 0.460 e. The molecule has 0 amide bonds. The first kappa shape index (κ1) is 15.4. The van der Waals surface area contributed by atoms with Gasteiger partial charge in [0.15, 0.2) is 0 Å². The lowest BCUT2D eigenvalue weighted by Crippen LogP contribution is -2.45. The number of carbonyl (C=O) groups is 1. The summed E-state index contributed by atoms with van der Waals surface area (Å²) < 4.78 is 5.32. The number of ether oxygens (including phenoxy) is 1. The van der Waals surface area contributed by atoms with E-state index in [9.17, 15) is 4.79 Å². The maximum atomic E-state index is 11.7. The number of nitrogens with zero attached hydrogens (tertiary/aromatic N) is 2. The van der Waals surface area contributed by atoms with Crippen molar-refractivity contribution in [3.8, 4) is 0 Å². The Hall–Kier alpha value is -0.610. The van der Waals surface area contributed by atoms with Crippen molar-refractivity contribution in [1.82, 2.24) is 9.80 Å². The third kappa shape index (κ3) is 5.83. The number of hydrogen-bond acceptors (Lipinski definition) is 4. The normalized spacial score (nSPS) is 22.2. The molecule has 0 aromatic carbocycles. The molecule has 0 aliphatic carbocycles. The van der Waals surface area contributed by atoms with E-state index in [1.165, 1.54) is 19.4 Å². The summed E-state index contributed by atoms with van der Waals surface area (Å²) in [5.74, 6) is -0.0986. The Morgan fingerprint density at radius 2 is 2.11 bits per heavy atom. The molecule has 1 saturated heterocycles. The molecule has 1 aliphatic heterocycles. The van der Waals surface area contributed by atoms with Gasteiger partial charge in [-0.25, -0.2) is 0 Å². The van der Waals surface area contributed by atoms with Gasteiger partial charge in [0.05, 0.1) is 6.42 Å². The van der Waals surface area contributed by atoms with Gasteiger partial charge in [-0.2, -0.15) is 0 Å². The van der Waals surface area contributed by atoms with Crippen LogP contribution in [0.3, 0.4) is 0 Å². The van der Waals surface area contributed by atoms with E-state index >= 15 is 0 Å². The molecule has 0 aromatic heterocycles. The highest BCUT2D eigenvalue weighted by atomic mass is 16.6. The van der Waals surface area contributed by atoms with Crippen molar-refractivity contribution in [2.75, 3.05) is 33.7 Å². The van der Waals surface area contributed by atoms with Gasteiger partial charge in [-0.05, 0) is 54.3 Å². The van der Waals surface area contributed by atoms with Gasteiger partial charge in [-0.3, -0.25) is 4.79 Å². The van der Waals surface area contributed by atoms with Crippen molar-refractivity contribution >= 4 is 5.97 Å². The van der Waals surface area contributed by atoms with E-state index < -0.39 is 0 Å². The first-order valence-corrected chi connectivity index (χ1v) is 6.88. The summed E-state index contributed by atoms with van der Waals surface area (Å²) in [7, 11) is 4.27. The number of carbonyl (C=O) groups excluding carboxylic acids is 1. The van der Waals surface area contributed by atoms with Crippen molar-refractivity contribution in [2.24, 2.45) is 0 Å². The molecule has 0 spiro atoms. The van der Waals surface area contributed by atoms with Crippen LogP contribution >= 0.6 is 0 Å². The average molecular weight is 256 g/mol. The molecule has 0 N–H and O–H groups in total. The molecule has 0 saturated carbocycles. The molecule has 1 heterocycles. The van der Waals surface area contributed by atoms with Crippen molar-refractivity contribution in [1.29, 1.82) is 0 Å². The predicted molar refractivity (Wildman–Crippen MR) is 73.6 cm³/mol. The van der Waals surface area contributed by atoms with Gasteiger partial charge in [-0.15, -0.1) is 0 Å². The second-order valence-corrected chi connectivity index (χ2v) is 6.38. The summed E-state index contributed by atoms with van der Waals surface area (Å²) in [6.45, 7) is 8.80. The van der Waals surface area contributed by atoms with E-state index in [4.69, 9.17) is 4.74 Å². The molecule has 1 rings (SSSR count). The van der Waals surface area contributed by atoms with Crippen molar-refractivity contribution in [2.45, 2.75) is 51.7 Å². The van der Waals surface area contributed by atoms with Gasteiger partial charge >= 0.3 is 5.97 Å². The van der Waals surface area contributed by atoms with Crippen LogP contribution in [0.1, 0.15) is 40.0 Å². The summed E-state index contributed by atoms with van der Waals surface area (Å²) >= 11 is 0. The molecular weight excluding hydrogens is 228 g/mol. The smallest absolute Gasteiger partial charge is 0.307 e. The van der Waals surface area contributed by atoms with Crippen molar-refractivity contribution < 1.29 is 9.53 Å². The van der Waals surface area contributed by atoms with E-state index in [0.29, 0.717) is 12.5 Å². The monoisotopic (exact) mass is 256 g/mol. The Morgan fingerprint density at radius 3 is 2.67 bits per heavy atom. The van der Waals surface area contributed by atoms with Crippen LogP contribution in [-0.4, -0.2) is 61.1 Å². The zero-order chi connectivity index (χ0) is 13.8. The Balaban J connectivity index is 2.28. The first-order chi connectivity index (χ1) is 8.28. The minimum Gasteiger partial charge on any atom is -0.460 e. The summed E-state index contributed by atoms with van der Waals surface area (Å²) in [6.07, 6.45) is 2.96. The maximum Gasteiger partial charge on any atom is 0.307 e. The number of esters is 1. The zero-order valence-corrected chi connectivity index (χ0v) is 12.5.